The normalized spacial score (nSPS) is 12.6. The average Bonchev–Trinajstić information content (AvgIpc) is 2.36. The van der Waals surface area contributed by atoms with Crippen molar-refractivity contribution in [3.8, 4) is 0 Å². The fraction of sp³-hybridized carbons (Fsp3) is 0.357. The summed E-state index contributed by atoms with van der Waals surface area (Å²) < 4.78 is 4.81. The Bertz CT molecular complexity index is 448. The van der Waals surface area contributed by atoms with E-state index in [1.165, 1.54) is 18.1 Å². The van der Waals surface area contributed by atoms with E-state index in [-0.39, 0.29) is 19.1 Å². The van der Waals surface area contributed by atoms with E-state index in [9.17, 15) is 9.90 Å². The Morgan fingerprint density at radius 2 is 2.32 bits per heavy atom. The number of aliphatic hydroxyl groups is 1. The molecule has 0 heterocycles. The summed E-state index contributed by atoms with van der Waals surface area (Å²) in [6, 6.07) is 7.22. The summed E-state index contributed by atoms with van der Waals surface area (Å²) in [7, 11) is 3.13. The van der Waals surface area contributed by atoms with E-state index < -0.39 is 6.10 Å². The molecule has 0 radical (unpaired) electrons. The number of carbonyl (C=O) groups is 1. The number of methoxy groups -OCH3 is 1. The van der Waals surface area contributed by atoms with Gasteiger partial charge in [0.2, 0.25) is 5.91 Å². The number of aliphatic hydroxyl groups excluding tert-OH is 1. The molecule has 5 heteroatoms. The molecule has 0 bridgehead atoms. The van der Waals surface area contributed by atoms with Gasteiger partial charge in [-0.1, -0.05) is 23.7 Å². The minimum atomic E-state index is -0.682. The van der Waals surface area contributed by atoms with Crippen LogP contribution in [0.4, 0.5) is 0 Å². The molecule has 1 N–H and O–H groups in total. The highest BCUT2D eigenvalue weighted by Gasteiger charge is 2.10. The zero-order valence-corrected chi connectivity index (χ0v) is 11.8. The number of nitrogens with zero attached hydrogens (tertiary/aromatic N) is 1. The fourth-order valence-corrected chi connectivity index (χ4v) is 1.75. The quantitative estimate of drug-likeness (QED) is 0.810. The summed E-state index contributed by atoms with van der Waals surface area (Å²) in [6.07, 6.45) is 2.46. The Hall–Kier alpha value is -1.36. The summed E-state index contributed by atoms with van der Waals surface area (Å²) in [6.45, 7) is 0.433. The lowest BCUT2D eigenvalue weighted by Crippen LogP contribution is -2.35. The predicted octanol–water partition coefficient (Wildman–Crippen LogP) is 1.82. The molecule has 0 saturated carbocycles. The zero-order valence-electron chi connectivity index (χ0n) is 11.0. The summed E-state index contributed by atoms with van der Waals surface area (Å²) in [5.41, 5.74) is 0.853. The van der Waals surface area contributed by atoms with Crippen molar-refractivity contribution in [3.05, 3.63) is 40.9 Å². The van der Waals surface area contributed by atoms with Crippen LogP contribution in [0.1, 0.15) is 5.56 Å². The lowest BCUT2D eigenvalue weighted by molar-refractivity contribution is -0.126. The number of hydrogen-bond donors (Lipinski definition) is 1. The third-order valence-electron chi connectivity index (χ3n) is 2.49. The highest BCUT2D eigenvalue weighted by atomic mass is 35.5. The van der Waals surface area contributed by atoms with Crippen molar-refractivity contribution in [3.63, 3.8) is 0 Å². The molecule has 1 aromatic carbocycles. The summed E-state index contributed by atoms with van der Waals surface area (Å²) in [5.74, 6) is -0.185. The van der Waals surface area contributed by atoms with Crippen LogP contribution in [0.2, 0.25) is 5.02 Å². The maximum atomic E-state index is 11.8. The standard InChI is InChI=1S/C14H18ClNO3/c1-16(9-13(17)10-19-2)14(18)7-6-11-4-3-5-12(15)8-11/h3-8,13,17H,9-10H2,1-2H3/b7-6+. The van der Waals surface area contributed by atoms with Gasteiger partial charge in [0.1, 0.15) is 0 Å². The van der Waals surface area contributed by atoms with Crippen LogP contribution in [0, 0.1) is 0 Å². The first-order valence-corrected chi connectivity index (χ1v) is 6.26. The van der Waals surface area contributed by atoms with E-state index in [4.69, 9.17) is 16.3 Å². The average molecular weight is 284 g/mol. The van der Waals surface area contributed by atoms with Crippen LogP contribution >= 0.6 is 11.6 Å². The number of halogens is 1. The number of ether oxygens (including phenoxy) is 1. The number of hydrogen-bond acceptors (Lipinski definition) is 3. The van der Waals surface area contributed by atoms with Gasteiger partial charge >= 0.3 is 0 Å². The molecule has 0 aliphatic heterocycles. The van der Waals surface area contributed by atoms with Crippen LogP contribution in [0.3, 0.4) is 0 Å². The first kappa shape index (κ1) is 15.7. The number of carbonyl (C=O) groups excluding carboxylic acids is 1. The first-order valence-electron chi connectivity index (χ1n) is 5.88. The highest BCUT2D eigenvalue weighted by Crippen LogP contribution is 2.11. The largest absolute Gasteiger partial charge is 0.389 e. The van der Waals surface area contributed by atoms with Gasteiger partial charge in [-0.25, -0.2) is 0 Å². The van der Waals surface area contributed by atoms with Crippen LogP contribution in [0.15, 0.2) is 30.3 Å². The van der Waals surface area contributed by atoms with Gasteiger partial charge in [0, 0.05) is 31.8 Å². The summed E-state index contributed by atoms with van der Waals surface area (Å²) >= 11 is 5.85. The maximum Gasteiger partial charge on any atom is 0.246 e. The summed E-state index contributed by atoms with van der Waals surface area (Å²) in [5, 5.41) is 10.2. The molecule has 1 amide bonds. The molecule has 0 saturated heterocycles. The van der Waals surface area contributed by atoms with E-state index in [1.807, 2.05) is 12.1 Å². The van der Waals surface area contributed by atoms with Gasteiger partial charge in [0.15, 0.2) is 0 Å². The Kier molecular flexibility index (Phi) is 6.56. The van der Waals surface area contributed by atoms with E-state index in [0.29, 0.717) is 5.02 Å². The molecule has 0 fully saturated rings. The molecule has 0 aromatic heterocycles. The van der Waals surface area contributed by atoms with E-state index in [1.54, 1.807) is 25.3 Å². The van der Waals surface area contributed by atoms with Crippen LogP contribution in [-0.4, -0.2) is 49.3 Å². The lowest BCUT2D eigenvalue weighted by atomic mass is 10.2. The predicted molar refractivity (Wildman–Crippen MR) is 76.0 cm³/mol. The Morgan fingerprint density at radius 3 is 2.95 bits per heavy atom. The van der Waals surface area contributed by atoms with E-state index in [2.05, 4.69) is 0 Å². The molecule has 1 atom stereocenters. The third kappa shape index (κ3) is 5.87. The van der Waals surface area contributed by atoms with Gasteiger partial charge in [-0.05, 0) is 23.8 Å². The molecule has 1 aromatic rings. The molecule has 0 aliphatic carbocycles. The van der Waals surface area contributed by atoms with E-state index in [0.717, 1.165) is 5.56 Å². The van der Waals surface area contributed by atoms with Crippen molar-refractivity contribution in [1.82, 2.24) is 4.90 Å². The van der Waals surface area contributed by atoms with Crippen molar-refractivity contribution in [1.29, 1.82) is 0 Å². The van der Waals surface area contributed by atoms with Crippen molar-refractivity contribution < 1.29 is 14.6 Å². The SMILES string of the molecule is COCC(O)CN(C)C(=O)/C=C/c1cccc(Cl)c1. The van der Waals surface area contributed by atoms with E-state index >= 15 is 0 Å². The Labute approximate surface area is 118 Å². The van der Waals surface area contributed by atoms with Gasteiger partial charge in [0.25, 0.3) is 0 Å². The highest BCUT2D eigenvalue weighted by molar-refractivity contribution is 6.30. The third-order valence-corrected chi connectivity index (χ3v) is 2.72. The van der Waals surface area contributed by atoms with Gasteiger partial charge in [0.05, 0.1) is 12.7 Å². The zero-order chi connectivity index (χ0) is 14.3. The van der Waals surface area contributed by atoms with Crippen molar-refractivity contribution in [2.45, 2.75) is 6.10 Å². The van der Waals surface area contributed by atoms with Crippen molar-refractivity contribution in [2.24, 2.45) is 0 Å². The van der Waals surface area contributed by atoms with Crippen LogP contribution in [-0.2, 0) is 9.53 Å². The number of rotatable bonds is 6. The minimum absolute atomic E-state index is 0.185. The molecule has 1 unspecified atom stereocenters. The first-order chi connectivity index (χ1) is 9.02. The number of amides is 1. The van der Waals surface area contributed by atoms with Crippen LogP contribution in [0.25, 0.3) is 6.08 Å². The van der Waals surface area contributed by atoms with Crippen LogP contribution < -0.4 is 0 Å². The monoisotopic (exact) mass is 283 g/mol. The molecular weight excluding hydrogens is 266 g/mol. The smallest absolute Gasteiger partial charge is 0.246 e. The fourth-order valence-electron chi connectivity index (χ4n) is 1.56. The molecule has 104 valence electrons. The maximum absolute atomic E-state index is 11.8. The molecule has 4 nitrogen and oxygen atoms in total. The summed E-state index contributed by atoms with van der Waals surface area (Å²) in [4.78, 5) is 13.2. The van der Waals surface area contributed by atoms with Crippen LogP contribution in [0.5, 0.6) is 0 Å². The van der Waals surface area contributed by atoms with Gasteiger partial charge < -0.3 is 14.7 Å². The number of benzene rings is 1. The molecule has 1 rings (SSSR count). The Balaban J connectivity index is 2.54. The lowest BCUT2D eigenvalue weighted by Gasteiger charge is -2.18. The number of likely N-dealkylation sites (N-methyl/N-ethyl adjacent to an activating group) is 1. The second-order valence-corrected chi connectivity index (χ2v) is 4.65. The topological polar surface area (TPSA) is 49.8 Å². The molecule has 19 heavy (non-hydrogen) atoms. The molecule has 0 aliphatic rings. The second kappa shape index (κ2) is 7.94. The van der Waals surface area contributed by atoms with Gasteiger partial charge in [-0.15, -0.1) is 0 Å². The van der Waals surface area contributed by atoms with Crippen molar-refractivity contribution in [2.75, 3.05) is 27.3 Å². The molecular formula is C14H18ClNO3. The Morgan fingerprint density at radius 1 is 1.58 bits per heavy atom. The van der Waals surface area contributed by atoms with Gasteiger partial charge in [-0.3, -0.25) is 4.79 Å². The molecule has 0 spiro atoms. The second-order valence-electron chi connectivity index (χ2n) is 4.22. The minimum Gasteiger partial charge on any atom is -0.389 e. The van der Waals surface area contributed by atoms with Gasteiger partial charge in [-0.2, -0.15) is 0 Å². The van der Waals surface area contributed by atoms with Crippen molar-refractivity contribution >= 4 is 23.6 Å².